The van der Waals surface area contributed by atoms with Gasteiger partial charge in [-0.05, 0) is 11.1 Å². The Morgan fingerprint density at radius 3 is 2.40 bits per heavy atom. The highest BCUT2D eigenvalue weighted by atomic mass is 32.2. The molecule has 0 aromatic heterocycles. The molecule has 2 aliphatic rings. The van der Waals surface area contributed by atoms with Gasteiger partial charge >= 0.3 is 22.3 Å². The summed E-state index contributed by atoms with van der Waals surface area (Å²) in [4.78, 5) is 24.4. The standard InChI is InChI=1S/C11H10N2O6S/c14-10(15)9-7-4-2-1-3-6(7)8-5-12(9)11(16)13(8)20(17,18)19/h1-4,8-9H,5H2,(H,14,15)(H,17,18,19)/t8-,9-/m1/s1. The SMILES string of the molecule is O=C(O)[C@H]1c2ccccc2[C@H]2CN1C(=O)N2S(=O)(=O)O. The Hall–Kier alpha value is -2.13. The van der Waals surface area contributed by atoms with Gasteiger partial charge in [0, 0.05) is 6.54 Å². The Balaban J connectivity index is 2.24. The zero-order valence-electron chi connectivity index (χ0n) is 10.0. The van der Waals surface area contributed by atoms with Crippen LogP contribution in [0.1, 0.15) is 23.2 Å². The molecule has 0 aliphatic carbocycles. The summed E-state index contributed by atoms with van der Waals surface area (Å²) in [6.07, 6.45) is 0. The number of fused-ring (bicyclic) bond motifs is 4. The van der Waals surface area contributed by atoms with Crippen LogP contribution in [0.15, 0.2) is 24.3 Å². The van der Waals surface area contributed by atoms with Crippen molar-refractivity contribution in [1.82, 2.24) is 9.21 Å². The van der Waals surface area contributed by atoms with Crippen LogP contribution in [0.5, 0.6) is 0 Å². The lowest BCUT2D eigenvalue weighted by Gasteiger charge is -2.29. The third-order valence-electron chi connectivity index (χ3n) is 3.53. The van der Waals surface area contributed by atoms with Gasteiger partial charge in [0.25, 0.3) is 0 Å². The molecule has 8 nitrogen and oxygen atoms in total. The maximum absolute atomic E-state index is 12.1. The highest BCUT2D eigenvalue weighted by Gasteiger charge is 2.53. The van der Waals surface area contributed by atoms with Crippen LogP contribution in [0.25, 0.3) is 0 Å². The second kappa shape index (κ2) is 3.93. The number of amides is 2. The normalized spacial score (nSPS) is 24.8. The van der Waals surface area contributed by atoms with E-state index >= 15 is 0 Å². The van der Waals surface area contributed by atoms with E-state index in [0.29, 0.717) is 15.4 Å². The zero-order chi connectivity index (χ0) is 14.7. The fourth-order valence-corrected chi connectivity index (χ4v) is 3.60. The molecular formula is C11H10N2O6S. The lowest BCUT2D eigenvalue weighted by Crippen LogP contribution is -2.39. The van der Waals surface area contributed by atoms with Crippen LogP contribution in [0, 0.1) is 0 Å². The second-order valence-electron chi connectivity index (χ2n) is 4.59. The molecule has 0 radical (unpaired) electrons. The highest BCUT2D eigenvalue weighted by Crippen LogP contribution is 2.44. The summed E-state index contributed by atoms with van der Waals surface area (Å²) < 4.78 is 32.2. The summed E-state index contributed by atoms with van der Waals surface area (Å²) in [6, 6.07) is 3.16. The maximum Gasteiger partial charge on any atom is 0.364 e. The number of carboxylic acid groups (broad SMARTS) is 1. The smallest absolute Gasteiger partial charge is 0.364 e. The van der Waals surface area contributed by atoms with Crippen molar-refractivity contribution in [2.24, 2.45) is 0 Å². The minimum Gasteiger partial charge on any atom is -0.479 e. The Kier molecular flexibility index (Phi) is 2.53. The third kappa shape index (κ3) is 1.60. The number of urea groups is 1. The van der Waals surface area contributed by atoms with Crippen molar-refractivity contribution in [2.75, 3.05) is 6.54 Å². The van der Waals surface area contributed by atoms with Gasteiger partial charge in [-0.15, -0.1) is 0 Å². The van der Waals surface area contributed by atoms with Gasteiger partial charge in [-0.25, -0.2) is 9.59 Å². The Morgan fingerprint density at radius 1 is 1.25 bits per heavy atom. The van der Waals surface area contributed by atoms with Gasteiger partial charge in [-0.2, -0.15) is 12.7 Å². The first-order valence-electron chi connectivity index (χ1n) is 5.71. The number of nitrogens with zero attached hydrogens (tertiary/aromatic N) is 2. The van der Waals surface area contributed by atoms with E-state index in [-0.39, 0.29) is 6.54 Å². The van der Waals surface area contributed by atoms with E-state index in [1.807, 2.05) is 0 Å². The minimum atomic E-state index is -4.75. The van der Waals surface area contributed by atoms with Crippen molar-refractivity contribution in [2.45, 2.75) is 12.1 Å². The first-order chi connectivity index (χ1) is 9.32. The zero-order valence-corrected chi connectivity index (χ0v) is 10.8. The Morgan fingerprint density at radius 2 is 1.85 bits per heavy atom. The molecule has 9 heteroatoms. The molecule has 2 atom stereocenters. The largest absolute Gasteiger partial charge is 0.479 e. The van der Waals surface area contributed by atoms with E-state index in [1.165, 1.54) is 6.07 Å². The highest BCUT2D eigenvalue weighted by molar-refractivity contribution is 7.84. The molecule has 2 heterocycles. The lowest BCUT2D eigenvalue weighted by molar-refractivity contribution is -0.142. The predicted octanol–water partition coefficient (Wildman–Crippen LogP) is 0.407. The second-order valence-corrected chi connectivity index (χ2v) is 5.88. The van der Waals surface area contributed by atoms with E-state index in [9.17, 15) is 27.7 Å². The van der Waals surface area contributed by atoms with Crippen LogP contribution in [0.4, 0.5) is 4.79 Å². The van der Waals surface area contributed by atoms with Crippen molar-refractivity contribution in [1.29, 1.82) is 0 Å². The molecule has 1 saturated heterocycles. The van der Waals surface area contributed by atoms with Crippen molar-refractivity contribution in [3.63, 3.8) is 0 Å². The summed E-state index contributed by atoms with van der Waals surface area (Å²) in [5.74, 6) is -1.25. The van der Waals surface area contributed by atoms with Crippen LogP contribution in [0.2, 0.25) is 0 Å². The van der Waals surface area contributed by atoms with E-state index in [0.717, 1.165) is 4.90 Å². The molecule has 0 saturated carbocycles. The first kappa shape index (κ1) is 12.9. The van der Waals surface area contributed by atoms with Crippen molar-refractivity contribution < 1.29 is 27.7 Å². The summed E-state index contributed by atoms with van der Waals surface area (Å²) in [5, 5.41) is 9.29. The van der Waals surface area contributed by atoms with E-state index in [2.05, 4.69) is 0 Å². The topological polar surface area (TPSA) is 115 Å². The number of rotatable bonds is 2. The monoisotopic (exact) mass is 298 g/mol. The van der Waals surface area contributed by atoms with Crippen LogP contribution >= 0.6 is 0 Å². The van der Waals surface area contributed by atoms with Crippen LogP contribution in [-0.2, 0) is 15.1 Å². The molecule has 2 amide bonds. The van der Waals surface area contributed by atoms with Crippen molar-refractivity contribution in [3.8, 4) is 0 Å². The van der Waals surface area contributed by atoms with Crippen molar-refractivity contribution >= 4 is 22.3 Å². The molecule has 106 valence electrons. The molecule has 1 aromatic rings. The predicted molar refractivity (Wildman–Crippen MR) is 65.0 cm³/mol. The van der Waals surface area contributed by atoms with Gasteiger partial charge in [0.2, 0.25) is 0 Å². The fraction of sp³-hybridized carbons (Fsp3) is 0.273. The fourth-order valence-electron chi connectivity index (χ4n) is 2.80. The molecule has 2 N–H and O–H groups in total. The average Bonchev–Trinajstić information content (AvgIpc) is 2.63. The average molecular weight is 298 g/mol. The quantitative estimate of drug-likeness (QED) is 0.764. The summed E-state index contributed by atoms with van der Waals surface area (Å²) in [7, 11) is -4.75. The first-order valence-corrected chi connectivity index (χ1v) is 7.11. The van der Waals surface area contributed by atoms with Crippen LogP contribution in [-0.4, -0.2) is 45.8 Å². The Labute approximate surface area is 114 Å². The molecule has 0 unspecified atom stereocenters. The van der Waals surface area contributed by atoms with E-state index < -0.39 is 34.4 Å². The number of hydrogen-bond acceptors (Lipinski definition) is 4. The van der Waals surface area contributed by atoms with E-state index in [1.54, 1.807) is 18.2 Å². The van der Waals surface area contributed by atoms with Gasteiger partial charge in [-0.3, -0.25) is 4.55 Å². The third-order valence-corrected chi connectivity index (χ3v) is 4.44. The van der Waals surface area contributed by atoms with E-state index in [4.69, 9.17) is 0 Å². The number of aliphatic carboxylic acids is 1. The number of carbonyl (C=O) groups is 2. The van der Waals surface area contributed by atoms with Gasteiger partial charge < -0.3 is 10.0 Å². The molecule has 2 bridgehead atoms. The minimum absolute atomic E-state index is 0.0907. The van der Waals surface area contributed by atoms with Gasteiger partial charge in [0.05, 0.1) is 6.04 Å². The summed E-state index contributed by atoms with van der Waals surface area (Å²) >= 11 is 0. The van der Waals surface area contributed by atoms with Gasteiger partial charge in [0.15, 0.2) is 6.04 Å². The number of hydrogen-bond donors (Lipinski definition) is 2. The summed E-state index contributed by atoms with van der Waals surface area (Å²) in [6.45, 7) is -0.0907. The lowest BCUT2D eigenvalue weighted by atomic mass is 9.91. The summed E-state index contributed by atoms with van der Waals surface area (Å²) in [5.41, 5.74) is 0.773. The maximum atomic E-state index is 12.1. The Bertz CT molecular complexity index is 715. The number of carbonyl (C=O) groups excluding carboxylic acids is 1. The molecule has 2 aliphatic heterocycles. The van der Waals surface area contributed by atoms with Crippen molar-refractivity contribution in [3.05, 3.63) is 35.4 Å². The molecule has 3 rings (SSSR count). The molecular weight excluding hydrogens is 288 g/mol. The molecule has 1 aromatic carbocycles. The van der Waals surface area contributed by atoms with Crippen LogP contribution in [0.3, 0.4) is 0 Å². The van der Waals surface area contributed by atoms with Gasteiger partial charge in [-0.1, -0.05) is 24.3 Å². The molecule has 20 heavy (non-hydrogen) atoms. The molecule has 1 fully saturated rings. The number of carboxylic acids is 1. The van der Waals surface area contributed by atoms with Crippen LogP contribution < -0.4 is 0 Å². The number of benzene rings is 1. The molecule has 0 spiro atoms. The van der Waals surface area contributed by atoms with Gasteiger partial charge in [0.1, 0.15) is 0 Å².